The number of ether oxygens (including phenoxy) is 1. The monoisotopic (exact) mass is 328 g/mol. The van der Waals surface area contributed by atoms with E-state index in [1.807, 2.05) is 24.7 Å². The van der Waals surface area contributed by atoms with Crippen molar-refractivity contribution >= 4 is 10.8 Å². The van der Waals surface area contributed by atoms with Crippen molar-refractivity contribution < 1.29 is 4.74 Å². The van der Waals surface area contributed by atoms with Gasteiger partial charge in [0.1, 0.15) is 11.9 Å². The van der Waals surface area contributed by atoms with Gasteiger partial charge in [0.2, 0.25) is 0 Å². The summed E-state index contributed by atoms with van der Waals surface area (Å²) in [5.41, 5.74) is 2.35. The van der Waals surface area contributed by atoms with E-state index in [1.165, 1.54) is 16.3 Å². The smallest absolute Gasteiger partial charge is 0.142 e. The molecular formula is C22H20N2O. The van der Waals surface area contributed by atoms with Gasteiger partial charge >= 0.3 is 0 Å². The fourth-order valence-electron chi connectivity index (χ4n) is 3.06. The summed E-state index contributed by atoms with van der Waals surface area (Å²) in [7, 11) is 0. The van der Waals surface area contributed by atoms with Crippen molar-refractivity contribution in [3.05, 3.63) is 96.6 Å². The van der Waals surface area contributed by atoms with Gasteiger partial charge in [0.05, 0.1) is 12.9 Å². The molecule has 3 heteroatoms. The SMILES string of the molecule is Cc1cccc(OC(Cn2ccnc2)c2ccc3ccccc3c2)c1. The van der Waals surface area contributed by atoms with Crippen molar-refractivity contribution in [3.8, 4) is 5.75 Å². The van der Waals surface area contributed by atoms with Crippen molar-refractivity contribution in [2.24, 2.45) is 0 Å². The third kappa shape index (κ3) is 3.56. The van der Waals surface area contributed by atoms with E-state index < -0.39 is 0 Å². The summed E-state index contributed by atoms with van der Waals surface area (Å²) < 4.78 is 8.41. The zero-order valence-electron chi connectivity index (χ0n) is 14.2. The fourth-order valence-corrected chi connectivity index (χ4v) is 3.06. The summed E-state index contributed by atoms with van der Waals surface area (Å²) in [6, 6.07) is 23.1. The third-order valence-electron chi connectivity index (χ3n) is 4.35. The van der Waals surface area contributed by atoms with Gasteiger partial charge in [-0.15, -0.1) is 0 Å². The Morgan fingerprint density at radius 2 is 1.84 bits per heavy atom. The Morgan fingerprint density at radius 3 is 2.64 bits per heavy atom. The number of benzene rings is 3. The van der Waals surface area contributed by atoms with Crippen LogP contribution in [0.15, 0.2) is 85.5 Å². The van der Waals surface area contributed by atoms with E-state index in [-0.39, 0.29) is 6.10 Å². The number of rotatable bonds is 5. The first kappa shape index (κ1) is 15.5. The highest BCUT2D eigenvalue weighted by Gasteiger charge is 2.15. The molecule has 1 atom stereocenters. The van der Waals surface area contributed by atoms with Gasteiger partial charge in [-0.05, 0) is 47.0 Å². The zero-order valence-corrected chi connectivity index (χ0v) is 14.2. The van der Waals surface area contributed by atoms with Crippen molar-refractivity contribution in [1.29, 1.82) is 0 Å². The first-order valence-corrected chi connectivity index (χ1v) is 8.46. The number of aromatic nitrogens is 2. The van der Waals surface area contributed by atoms with E-state index >= 15 is 0 Å². The number of imidazole rings is 1. The second-order valence-electron chi connectivity index (χ2n) is 6.29. The Hall–Kier alpha value is -3.07. The first-order valence-electron chi connectivity index (χ1n) is 8.46. The molecule has 0 aliphatic carbocycles. The number of hydrogen-bond acceptors (Lipinski definition) is 2. The van der Waals surface area contributed by atoms with Crippen LogP contribution in [0, 0.1) is 6.92 Å². The number of hydrogen-bond donors (Lipinski definition) is 0. The molecule has 0 bridgehead atoms. The highest BCUT2D eigenvalue weighted by atomic mass is 16.5. The van der Waals surface area contributed by atoms with E-state index in [9.17, 15) is 0 Å². The summed E-state index contributed by atoms with van der Waals surface area (Å²) in [6.45, 7) is 2.79. The van der Waals surface area contributed by atoms with Gasteiger partial charge in [-0.1, -0.05) is 48.5 Å². The van der Waals surface area contributed by atoms with Crippen LogP contribution in [-0.4, -0.2) is 9.55 Å². The van der Waals surface area contributed by atoms with E-state index in [2.05, 4.69) is 71.1 Å². The van der Waals surface area contributed by atoms with Gasteiger partial charge in [0.15, 0.2) is 0 Å². The molecule has 0 spiro atoms. The second-order valence-corrected chi connectivity index (χ2v) is 6.29. The summed E-state index contributed by atoms with van der Waals surface area (Å²) in [5.74, 6) is 0.887. The van der Waals surface area contributed by atoms with Gasteiger partial charge in [-0.2, -0.15) is 0 Å². The summed E-state index contributed by atoms with van der Waals surface area (Å²) in [5, 5.41) is 2.46. The molecule has 0 N–H and O–H groups in total. The minimum atomic E-state index is -0.0828. The highest BCUT2D eigenvalue weighted by Crippen LogP contribution is 2.27. The van der Waals surface area contributed by atoms with Crippen molar-refractivity contribution in [2.75, 3.05) is 0 Å². The van der Waals surface area contributed by atoms with Gasteiger partial charge in [-0.25, -0.2) is 4.98 Å². The second kappa shape index (κ2) is 6.81. The third-order valence-corrected chi connectivity index (χ3v) is 4.35. The fraction of sp³-hybridized carbons (Fsp3) is 0.136. The molecule has 1 aromatic heterocycles. The van der Waals surface area contributed by atoms with Crippen LogP contribution in [0.1, 0.15) is 17.2 Å². The number of aryl methyl sites for hydroxylation is 1. The Kier molecular flexibility index (Phi) is 4.21. The molecule has 1 unspecified atom stereocenters. The van der Waals surface area contributed by atoms with Crippen LogP contribution in [0.4, 0.5) is 0 Å². The predicted molar refractivity (Wildman–Crippen MR) is 101 cm³/mol. The van der Waals surface area contributed by atoms with Crippen LogP contribution in [0.25, 0.3) is 10.8 Å². The quantitative estimate of drug-likeness (QED) is 0.505. The van der Waals surface area contributed by atoms with Gasteiger partial charge in [-0.3, -0.25) is 0 Å². The Bertz CT molecular complexity index is 976. The maximum Gasteiger partial charge on any atom is 0.142 e. The van der Waals surface area contributed by atoms with E-state index in [1.54, 1.807) is 6.20 Å². The van der Waals surface area contributed by atoms with Crippen molar-refractivity contribution in [1.82, 2.24) is 9.55 Å². The standard InChI is InChI=1S/C22H20N2O/c1-17-5-4-8-21(13-17)25-22(15-24-12-11-23-16-24)20-10-9-18-6-2-3-7-19(18)14-20/h2-14,16,22H,15H2,1H3. The molecular weight excluding hydrogens is 308 g/mol. The molecule has 0 fully saturated rings. The lowest BCUT2D eigenvalue weighted by Gasteiger charge is -2.21. The van der Waals surface area contributed by atoms with Crippen LogP contribution in [-0.2, 0) is 6.54 Å². The summed E-state index contributed by atoms with van der Waals surface area (Å²) in [4.78, 5) is 4.15. The molecule has 3 nitrogen and oxygen atoms in total. The lowest BCUT2D eigenvalue weighted by Crippen LogP contribution is -2.14. The molecule has 0 saturated carbocycles. The lowest BCUT2D eigenvalue weighted by molar-refractivity contribution is 0.183. The number of fused-ring (bicyclic) bond motifs is 1. The summed E-state index contributed by atoms with van der Waals surface area (Å²) in [6.07, 6.45) is 5.51. The van der Waals surface area contributed by atoms with Gasteiger partial charge in [0.25, 0.3) is 0 Å². The molecule has 4 rings (SSSR count). The topological polar surface area (TPSA) is 27.1 Å². The molecule has 124 valence electrons. The maximum absolute atomic E-state index is 6.35. The first-order chi connectivity index (χ1) is 12.3. The molecule has 4 aromatic rings. The van der Waals surface area contributed by atoms with Crippen molar-refractivity contribution in [2.45, 2.75) is 19.6 Å². The molecule has 0 aliphatic rings. The van der Waals surface area contributed by atoms with E-state index in [0.29, 0.717) is 6.54 Å². The molecule has 0 amide bonds. The minimum Gasteiger partial charge on any atom is -0.484 e. The maximum atomic E-state index is 6.35. The predicted octanol–water partition coefficient (Wildman–Crippen LogP) is 5.17. The van der Waals surface area contributed by atoms with Gasteiger partial charge < -0.3 is 9.30 Å². The molecule has 25 heavy (non-hydrogen) atoms. The van der Waals surface area contributed by atoms with Crippen LogP contribution in [0.2, 0.25) is 0 Å². The Balaban J connectivity index is 1.70. The van der Waals surface area contributed by atoms with E-state index in [0.717, 1.165) is 11.3 Å². The minimum absolute atomic E-state index is 0.0828. The molecule has 1 heterocycles. The molecule has 0 radical (unpaired) electrons. The van der Waals surface area contributed by atoms with Crippen molar-refractivity contribution in [3.63, 3.8) is 0 Å². The normalized spacial score (nSPS) is 12.2. The zero-order chi connectivity index (χ0) is 17.1. The molecule has 0 saturated heterocycles. The Labute approximate surface area is 147 Å². The molecule has 3 aromatic carbocycles. The van der Waals surface area contributed by atoms with Crippen LogP contribution >= 0.6 is 0 Å². The molecule has 0 aliphatic heterocycles. The average Bonchev–Trinajstić information content (AvgIpc) is 3.14. The lowest BCUT2D eigenvalue weighted by atomic mass is 10.0. The van der Waals surface area contributed by atoms with E-state index in [4.69, 9.17) is 4.74 Å². The average molecular weight is 328 g/mol. The summed E-state index contributed by atoms with van der Waals surface area (Å²) >= 11 is 0. The number of nitrogens with zero attached hydrogens (tertiary/aromatic N) is 2. The van der Waals surface area contributed by atoms with Crippen LogP contribution in [0.3, 0.4) is 0 Å². The van der Waals surface area contributed by atoms with Crippen LogP contribution < -0.4 is 4.74 Å². The largest absolute Gasteiger partial charge is 0.484 e. The highest BCUT2D eigenvalue weighted by molar-refractivity contribution is 5.83. The van der Waals surface area contributed by atoms with Crippen LogP contribution in [0.5, 0.6) is 5.75 Å². The van der Waals surface area contributed by atoms with Gasteiger partial charge in [0, 0.05) is 12.4 Å². The Morgan fingerprint density at radius 1 is 0.960 bits per heavy atom.